The molecule has 1 aromatic rings. The van der Waals surface area contributed by atoms with Gasteiger partial charge in [0, 0.05) is 12.1 Å². The van der Waals surface area contributed by atoms with Gasteiger partial charge in [-0.25, -0.2) is 0 Å². The maximum Gasteiger partial charge on any atom is 0.247 e. The van der Waals surface area contributed by atoms with Crippen molar-refractivity contribution in [1.29, 1.82) is 0 Å². The molecule has 0 heterocycles. The predicted molar refractivity (Wildman–Crippen MR) is 106 cm³/mol. The van der Waals surface area contributed by atoms with Crippen LogP contribution in [-0.2, 0) is 9.59 Å². The zero-order chi connectivity index (χ0) is 19.1. The standard InChI is InChI=1S/C21H31ClN2O2/c1-4-16(3)24(19(25)14-22)20(17-12-10-15(2)11-13-17)21(26)23-18-8-6-5-7-9-18/h10-13,16,18,20H,4-9,14H2,1-3H3,(H,23,26)/t16-,20+/m1/s1. The third-order valence-electron chi connectivity index (χ3n) is 5.34. The van der Waals surface area contributed by atoms with Gasteiger partial charge in [-0.1, -0.05) is 56.0 Å². The number of hydrogen-bond acceptors (Lipinski definition) is 2. The van der Waals surface area contributed by atoms with Crippen LogP contribution in [0, 0.1) is 6.92 Å². The van der Waals surface area contributed by atoms with E-state index < -0.39 is 6.04 Å². The first-order valence-corrected chi connectivity index (χ1v) is 10.3. The van der Waals surface area contributed by atoms with E-state index in [1.807, 2.05) is 45.0 Å². The van der Waals surface area contributed by atoms with Gasteiger partial charge in [-0.3, -0.25) is 9.59 Å². The van der Waals surface area contributed by atoms with Crippen molar-refractivity contribution in [2.24, 2.45) is 0 Å². The highest BCUT2D eigenvalue weighted by atomic mass is 35.5. The molecule has 0 saturated heterocycles. The van der Waals surface area contributed by atoms with Crippen molar-refractivity contribution < 1.29 is 9.59 Å². The Morgan fingerprint density at radius 1 is 1.19 bits per heavy atom. The SMILES string of the molecule is CC[C@@H](C)N(C(=O)CCl)[C@H](C(=O)NC1CCCCC1)c1ccc(C)cc1. The Balaban J connectivity index is 2.34. The highest BCUT2D eigenvalue weighted by Gasteiger charge is 2.34. The number of nitrogens with one attached hydrogen (secondary N) is 1. The van der Waals surface area contributed by atoms with Gasteiger partial charge in [0.2, 0.25) is 11.8 Å². The number of benzene rings is 1. The number of carbonyl (C=O) groups excluding carboxylic acids is 2. The minimum absolute atomic E-state index is 0.0651. The Morgan fingerprint density at radius 2 is 1.81 bits per heavy atom. The van der Waals surface area contributed by atoms with Gasteiger partial charge in [-0.15, -0.1) is 11.6 Å². The Kier molecular flexibility index (Phi) is 7.95. The lowest BCUT2D eigenvalue weighted by atomic mass is 9.94. The molecule has 2 atom stereocenters. The van der Waals surface area contributed by atoms with E-state index in [0.29, 0.717) is 0 Å². The fourth-order valence-corrected chi connectivity index (χ4v) is 3.76. The largest absolute Gasteiger partial charge is 0.351 e. The quantitative estimate of drug-likeness (QED) is 0.717. The monoisotopic (exact) mass is 378 g/mol. The summed E-state index contributed by atoms with van der Waals surface area (Å²) in [6, 6.07) is 7.35. The Morgan fingerprint density at radius 3 is 2.35 bits per heavy atom. The Bertz CT molecular complexity index is 597. The predicted octanol–water partition coefficient (Wildman–Crippen LogP) is 4.35. The second kappa shape index (κ2) is 9.96. The number of halogens is 1. The number of carbonyl (C=O) groups is 2. The number of hydrogen-bond donors (Lipinski definition) is 1. The molecule has 144 valence electrons. The van der Waals surface area contributed by atoms with Crippen LogP contribution in [0.3, 0.4) is 0 Å². The molecule has 4 nitrogen and oxygen atoms in total. The van der Waals surface area contributed by atoms with E-state index in [1.54, 1.807) is 4.90 Å². The van der Waals surface area contributed by atoms with Crippen LogP contribution in [-0.4, -0.2) is 34.7 Å². The number of aryl methyl sites for hydroxylation is 1. The molecule has 2 rings (SSSR count). The summed E-state index contributed by atoms with van der Waals surface area (Å²) in [6.07, 6.45) is 6.32. The van der Waals surface area contributed by atoms with Gasteiger partial charge in [0.05, 0.1) is 0 Å². The van der Waals surface area contributed by atoms with Gasteiger partial charge < -0.3 is 10.2 Å². The summed E-state index contributed by atoms with van der Waals surface area (Å²) in [5.41, 5.74) is 1.96. The molecule has 0 unspecified atom stereocenters. The molecule has 0 aromatic heterocycles. The molecule has 2 amide bonds. The topological polar surface area (TPSA) is 49.4 Å². The normalized spacial score (nSPS) is 17.4. The number of amides is 2. The van der Waals surface area contributed by atoms with E-state index in [9.17, 15) is 9.59 Å². The molecule has 26 heavy (non-hydrogen) atoms. The minimum atomic E-state index is -0.640. The van der Waals surface area contributed by atoms with E-state index in [4.69, 9.17) is 11.6 Å². The number of alkyl halides is 1. The summed E-state index contributed by atoms with van der Waals surface area (Å²) in [7, 11) is 0. The van der Waals surface area contributed by atoms with Crippen molar-refractivity contribution in [3.8, 4) is 0 Å². The Labute approximate surface area is 162 Å². The van der Waals surface area contributed by atoms with Crippen LogP contribution in [0.2, 0.25) is 0 Å². The highest BCUT2D eigenvalue weighted by Crippen LogP contribution is 2.27. The molecule has 5 heteroatoms. The van der Waals surface area contributed by atoms with Gasteiger partial charge in [0.25, 0.3) is 0 Å². The van der Waals surface area contributed by atoms with E-state index in [1.165, 1.54) is 6.42 Å². The molecular weight excluding hydrogens is 348 g/mol. The third-order valence-corrected chi connectivity index (χ3v) is 5.57. The van der Waals surface area contributed by atoms with Crippen LogP contribution >= 0.6 is 11.6 Å². The fourth-order valence-electron chi connectivity index (χ4n) is 3.62. The van der Waals surface area contributed by atoms with Crippen molar-refractivity contribution in [2.45, 2.75) is 77.4 Å². The zero-order valence-corrected chi connectivity index (χ0v) is 16.9. The minimum Gasteiger partial charge on any atom is -0.351 e. The van der Waals surface area contributed by atoms with Crippen LogP contribution in [0.1, 0.15) is 69.5 Å². The summed E-state index contributed by atoms with van der Waals surface area (Å²) in [4.78, 5) is 27.5. The van der Waals surface area contributed by atoms with Crippen LogP contribution < -0.4 is 5.32 Å². The van der Waals surface area contributed by atoms with E-state index in [0.717, 1.165) is 43.2 Å². The summed E-state index contributed by atoms with van der Waals surface area (Å²) in [5, 5.41) is 3.19. The first kappa shape index (κ1) is 20.8. The van der Waals surface area contributed by atoms with Crippen LogP contribution in [0.15, 0.2) is 24.3 Å². The molecule has 1 aliphatic rings. The Hall–Kier alpha value is -1.55. The smallest absolute Gasteiger partial charge is 0.247 e. The van der Waals surface area contributed by atoms with Gasteiger partial charge in [-0.2, -0.15) is 0 Å². The lowest BCUT2D eigenvalue weighted by Crippen LogP contribution is -2.50. The van der Waals surface area contributed by atoms with Crippen molar-refractivity contribution in [3.63, 3.8) is 0 Å². The average molecular weight is 379 g/mol. The first-order chi connectivity index (χ1) is 12.5. The lowest BCUT2D eigenvalue weighted by molar-refractivity contribution is -0.141. The summed E-state index contributed by atoms with van der Waals surface area (Å²) in [6.45, 7) is 6.00. The van der Waals surface area contributed by atoms with E-state index in [2.05, 4.69) is 5.32 Å². The summed E-state index contributed by atoms with van der Waals surface area (Å²) >= 11 is 5.88. The summed E-state index contributed by atoms with van der Waals surface area (Å²) in [5.74, 6) is -0.423. The lowest BCUT2D eigenvalue weighted by Gasteiger charge is -2.36. The second-order valence-electron chi connectivity index (χ2n) is 7.35. The van der Waals surface area contributed by atoms with Crippen LogP contribution in [0.5, 0.6) is 0 Å². The fraction of sp³-hybridized carbons (Fsp3) is 0.619. The van der Waals surface area contributed by atoms with Crippen molar-refractivity contribution in [3.05, 3.63) is 35.4 Å². The zero-order valence-electron chi connectivity index (χ0n) is 16.1. The molecule has 1 N–H and O–H groups in total. The van der Waals surface area contributed by atoms with Crippen molar-refractivity contribution in [1.82, 2.24) is 10.2 Å². The molecule has 0 spiro atoms. The van der Waals surface area contributed by atoms with Crippen molar-refractivity contribution in [2.75, 3.05) is 5.88 Å². The number of nitrogens with zero attached hydrogens (tertiary/aromatic N) is 1. The summed E-state index contributed by atoms with van der Waals surface area (Å²) < 4.78 is 0. The van der Waals surface area contributed by atoms with Crippen molar-refractivity contribution >= 4 is 23.4 Å². The second-order valence-corrected chi connectivity index (χ2v) is 7.62. The average Bonchev–Trinajstić information content (AvgIpc) is 2.66. The van der Waals surface area contributed by atoms with Crippen LogP contribution in [0.25, 0.3) is 0 Å². The van der Waals surface area contributed by atoms with Gasteiger partial charge in [-0.05, 0) is 38.7 Å². The number of rotatable bonds is 7. The van der Waals surface area contributed by atoms with Gasteiger partial charge in [0.15, 0.2) is 0 Å². The molecule has 1 saturated carbocycles. The third kappa shape index (κ3) is 5.23. The molecule has 0 bridgehead atoms. The van der Waals surface area contributed by atoms with Gasteiger partial charge in [0.1, 0.15) is 11.9 Å². The first-order valence-electron chi connectivity index (χ1n) is 9.72. The van der Waals surface area contributed by atoms with Gasteiger partial charge >= 0.3 is 0 Å². The molecule has 0 aliphatic heterocycles. The molecule has 1 fully saturated rings. The highest BCUT2D eigenvalue weighted by molar-refractivity contribution is 6.27. The maximum atomic E-state index is 13.2. The van der Waals surface area contributed by atoms with E-state index >= 15 is 0 Å². The molecular formula is C21H31ClN2O2. The molecule has 1 aromatic carbocycles. The molecule has 0 radical (unpaired) electrons. The maximum absolute atomic E-state index is 13.2. The van der Waals surface area contributed by atoms with Crippen LogP contribution in [0.4, 0.5) is 0 Å². The molecule has 1 aliphatic carbocycles. The van der Waals surface area contributed by atoms with E-state index in [-0.39, 0.29) is 29.8 Å².